The van der Waals surface area contributed by atoms with Gasteiger partial charge < -0.3 is 30.1 Å². The summed E-state index contributed by atoms with van der Waals surface area (Å²) in [5.41, 5.74) is -0.398. The molecule has 3 saturated heterocycles. The number of aliphatic hydroxyl groups is 1. The summed E-state index contributed by atoms with van der Waals surface area (Å²) < 4.78 is 11.5. The van der Waals surface area contributed by atoms with Crippen LogP contribution < -0.4 is 15.4 Å². The Hall–Kier alpha value is -2.65. The molecule has 3 aliphatic rings. The van der Waals surface area contributed by atoms with Gasteiger partial charge in [-0.2, -0.15) is 0 Å². The topological polar surface area (TPSA) is 117 Å². The number of amides is 3. The lowest BCUT2D eigenvalue weighted by Crippen LogP contribution is -2.53. The number of nitrogens with zero attached hydrogens (tertiary/aromatic N) is 1. The number of aliphatic hydroxyl groups excluding tert-OH is 1. The normalized spacial score (nSPS) is 30.3. The van der Waals surface area contributed by atoms with Crippen LogP contribution in [0.25, 0.3) is 0 Å². The highest BCUT2D eigenvalue weighted by molar-refractivity contribution is 6.03. The molecular formula is C23H31N3O6. The van der Waals surface area contributed by atoms with E-state index in [2.05, 4.69) is 10.6 Å². The molecule has 3 aliphatic heterocycles. The Morgan fingerprint density at radius 1 is 1.22 bits per heavy atom. The number of ether oxygens (including phenoxy) is 2. The van der Waals surface area contributed by atoms with E-state index in [4.69, 9.17) is 14.6 Å². The van der Waals surface area contributed by atoms with Gasteiger partial charge in [-0.15, -0.1) is 0 Å². The average molecular weight is 446 g/mol. The van der Waals surface area contributed by atoms with Crippen LogP contribution in [0, 0.1) is 11.8 Å². The van der Waals surface area contributed by atoms with E-state index in [0.29, 0.717) is 43.7 Å². The zero-order chi connectivity index (χ0) is 22.9. The van der Waals surface area contributed by atoms with Crippen molar-refractivity contribution in [2.24, 2.45) is 11.8 Å². The zero-order valence-electron chi connectivity index (χ0n) is 18.5. The molecule has 1 aromatic rings. The summed E-state index contributed by atoms with van der Waals surface area (Å²) >= 11 is 0. The fraction of sp³-hybridized carbons (Fsp3) is 0.609. The van der Waals surface area contributed by atoms with E-state index >= 15 is 0 Å². The van der Waals surface area contributed by atoms with E-state index in [1.54, 1.807) is 43.3 Å². The summed E-state index contributed by atoms with van der Waals surface area (Å²) in [6, 6.07) is 6.18. The number of anilines is 1. The Morgan fingerprint density at radius 3 is 2.62 bits per heavy atom. The first-order valence-corrected chi connectivity index (χ1v) is 11.2. The predicted octanol–water partition coefficient (Wildman–Crippen LogP) is 0.917. The highest BCUT2D eigenvalue weighted by Gasteiger charge is 2.74. The van der Waals surface area contributed by atoms with E-state index in [-0.39, 0.29) is 30.4 Å². The van der Waals surface area contributed by atoms with Crippen LogP contribution in [0.2, 0.25) is 0 Å². The van der Waals surface area contributed by atoms with E-state index in [1.807, 2.05) is 0 Å². The molecule has 0 aromatic heterocycles. The van der Waals surface area contributed by atoms with Crippen LogP contribution in [0.5, 0.6) is 5.75 Å². The number of hydrogen-bond acceptors (Lipinski definition) is 6. The van der Waals surface area contributed by atoms with Crippen LogP contribution >= 0.6 is 0 Å². The lowest BCUT2D eigenvalue weighted by molar-refractivity contribution is -0.140. The van der Waals surface area contributed by atoms with Crippen LogP contribution in [-0.4, -0.2) is 72.8 Å². The summed E-state index contributed by atoms with van der Waals surface area (Å²) in [4.78, 5) is 41.3. The summed E-state index contributed by atoms with van der Waals surface area (Å²) in [6.45, 7) is 0.470. The van der Waals surface area contributed by atoms with Gasteiger partial charge in [0.05, 0.1) is 25.0 Å². The van der Waals surface area contributed by atoms with Gasteiger partial charge in [0.1, 0.15) is 17.4 Å². The minimum atomic E-state index is -0.994. The van der Waals surface area contributed by atoms with Gasteiger partial charge in [0.15, 0.2) is 0 Å². The molecule has 3 N–H and O–H groups in total. The van der Waals surface area contributed by atoms with Gasteiger partial charge in [-0.1, -0.05) is 0 Å². The molecule has 174 valence electrons. The molecule has 0 saturated carbocycles. The summed E-state index contributed by atoms with van der Waals surface area (Å²) in [6.07, 6.45) is 2.90. The van der Waals surface area contributed by atoms with E-state index in [9.17, 15) is 14.4 Å². The highest BCUT2D eigenvalue weighted by atomic mass is 16.5. The molecule has 1 spiro atoms. The largest absolute Gasteiger partial charge is 0.497 e. The Morgan fingerprint density at radius 2 is 1.97 bits per heavy atom. The monoisotopic (exact) mass is 445 g/mol. The van der Waals surface area contributed by atoms with Crippen molar-refractivity contribution in [1.82, 2.24) is 10.2 Å². The molecule has 2 unspecified atom stereocenters. The van der Waals surface area contributed by atoms with Crippen LogP contribution in [0.15, 0.2) is 24.3 Å². The number of carbonyl (C=O) groups is 3. The zero-order valence-corrected chi connectivity index (χ0v) is 18.5. The molecule has 1 aromatic carbocycles. The Bertz CT molecular complexity index is 875. The molecule has 0 aliphatic carbocycles. The first-order chi connectivity index (χ1) is 15.5. The number of nitrogens with one attached hydrogen (secondary N) is 2. The van der Waals surface area contributed by atoms with Crippen molar-refractivity contribution in [3.8, 4) is 5.75 Å². The van der Waals surface area contributed by atoms with Gasteiger partial charge in [-0.25, -0.2) is 0 Å². The second-order valence-corrected chi connectivity index (χ2v) is 8.70. The molecule has 2 bridgehead atoms. The molecule has 0 radical (unpaired) electrons. The molecule has 4 rings (SSSR count). The molecule has 3 fully saturated rings. The third-order valence-electron chi connectivity index (χ3n) is 7.01. The number of fused-ring (bicyclic) bond motifs is 1. The highest BCUT2D eigenvalue weighted by Crippen LogP contribution is 2.58. The van der Waals surface area contributed by atoms with Crippen LogP contribution in [0.4, 0.5) is 5.69 Å². The lowest BCUT2D eigenvalue weighted by atomic mass is 9.70. The Kier molecular flexibility index (Phi) is 6.39. The van der Waals surface area contributed by atoms with Crippen LogP contribution in [0.1, 0.15) is 32.1 Å². The quantitative estimate of drug-likeness (QED) is 0.487. The second kappa shape index (κ2) is 9.07. The average Bonchev–Trinajstić information content (AvgIpc) is 3.44. The number of likely N-dealkylation sites (tertiary alicyclic amines) is 1. The number of carbonyl (C=O) groups excluding carboxylic acids is 3. The number of hydrogen-bond donors (Lipinski definition) is 3. The van der Waals surface area contributed by atoms with Gasteiger partial charge >= 0.3 is 0 Å². The smallest absolute Gasteiger partial charge is 0.250 e. The fourth-order valence-electron chi connectivity index (χ4n) is 5.62. The fourth-order valence-corrected chi connectivity index (χ4v) is 5.62. The lowest BCUT2D eigenvalue weighted by Gasteiger charge is -2.33. The van der Waals surface area contributed by atoms with Crippen molar-refractivity contribution >= 4 is 23.4 Å². The van der Waals surface area contributed by atoms with Crippen LogP contribution in [0.3, 0.4) is 0 Å². The molecule has 9 nitrogen and oxygen atoms in total. The SMILES string of the molecule is CNC(=O)[C@@H]1[C@H]2C(=O)N(CCCCCO)C(C(=O)Nc3ccc(OC)cc3)C23CC[C@H]1O3. The van der Waals surface area contributed by atoms with E-state index < -0.39 is 23.5 Å². The summed E-state index contributed by atoms with van der Waals surface area (Å²) in [5, 5.41) is 14.7. The van der Waals surface area contributed by atoms with Crippen LogP contribution in [-0.2, 0) is 19.1 Å². The van der Waals surface area contributed by atoms with Gasteiger partial charge in [0, 0.05) is 25.9 Å². The van der Waals surface area contributed by atoms with Crippen molar-refractivity contribution in [1.29, 1.82) is 0 Å². The van der Waals surface area contributed by atoms with E-state index in [1.165, 1.54) is 0 Å². The maximum absolute atomic E-state index is 13.5. The molecular weight excluding hydrogens is 414 g/mol. The molecule has 5 atom stereocenters. The minimum absolute atomic E-state index is 0.0887. The number of unbranched alkanes of at least 4 members (excludes halogenated alkanes) is 2. The number of methoxy groups -OCH3 is 1. The standard InChI is InChI=1S/C23H31N3O6/c1-24-20(28)17-16-10-11-23(32-16)18(17)22(30)26(12-4-3-5-13-27)19(23)21(29)25-14-6-8-15(31-2)9-7-14/h6-9,16-19,27H,3-5,10-13H2,1-2H3,(H,24,28)(H,25,29)/t16-,17+,18+,19?,23?/m1/s1. The molecule has 3 heterocycles. The predicted molar refractivity (Wildman–Crippen MR) is 116 cm³/mol. The first-order valence-electron chi connectivity index (χ1n) is 11.2. The summed E-state index contributed by atoms with van der Waals surface area (Å²) in [5.74, 6) is -1.29. The number of rotatable bonds is 9. The van der Waals surface area contributed by atoms with Gasteiger partial charge in [-0.05, 0) is 56.4 Å². The van der Waals surface area contributed by atoms with Crippen molar-refractivity contribution in [3.63, 3.8) is 0 Å². The third-order valence-corrected chi connectivity index (χ3v) is 7.01. The van der Waals surface area contributed by atoms with Gasteiger partial charge in [-0.3, -0.25) is 14.4 Å². The van der Waals surface area contributed by atoms with Gasteiger partial charge in [0.2, 0.25) is 17.7 Å². The second-order valence-electron chi connectivity index (χ2n) is 8.70. The van der Waals surface area contributed by atoms with Crippen molar-refractivity contribution < 1.29 is 29.0 Å². The maximum atomic E-state index is 13.5. The first kappa shape index (κ1) is 22.5. The summed E-state index contributed by atoms with van der Waals surface area (Å²) in [7, 11) is 3.13. The van der Waals surface area contributed by atoms with Crippen molar-refractivity contribution in [2.45, 2.75) is 49.9 Å². The van der Waals surface area contributed by atoms with Gasteiger partial charge in [0.25, 0.3) is 0 Å². The molecule has 32 heavy (non-hydrogen) atoms. The van der Waals surface area contributed by atoms with Crippen molar-refractivity contribution in [3.05, 3.63) is 24.3 Å². The maximum Gasteiger partial charge on any atom is 0.250 e. The van der Waals surface area contributed by atoms with E-state index in [0.717, 1.165) is 6.42 Å². The Labute approximate surface area is 187 Å². The molecule has 3 amide bonds. The third kappa shape index (κ3) is 3.63. The molecule has 9 heteroatoms. The minimum Gasteiger partial charge on any atom is -0.497 e. The number of benzene rings is 1. The Balaban J connectivity index is 1.62. The van der Waals surface area contributed by atoms with Crippen molar-refractivity contribution in [2.75, 3.05) is 32.6 Å².